The van der Waals surface area contributed by atoms with Crippen molar-refractivity contribution in [1.82, 2.24) is 9.88 Å². The summed E-state index contributed by atoms with van der Waals surface area (Å²) >= 11 is 0. The largest absolute Gasteiger partial charge is 0.497 e. The smallest absolute Gasteiger partial charge is 0.255 e. The second-order valence-electron chi connectivity index (χ2n) is 7.56. The fourth-order valence-corrected chi connectivity index (χ4v) is 3.80. The van der Waals surface area contributed by atoms with Crippen LogP contribution < -0.4 is 9.64 Å². The lowest BCUT2D eigenvalue weighted by atomic mass is 10.1. The second-order valence-corrected chi connectivity index (χ2v) is 7.56. The van der Waals surface area contributed by atoms with Crippen LogP contribution in [0.15, 0.2) is 54.6 Å². The van der Waals surface area contributed by atoms with E-state index in [1.54, 1.807) is 7.11 Å². The molecule has 0 aliphatic carbocycles. The number of aromatic nitrogens is 1. The fourth-order valence-electron chi connectivity index (χ4n) is 3.80. The minimum atomic E-state index is 0.103. The average molecular weight is 389 g/mol. The monoisotopic (exact) mass is 389 g/mol. The number of hydrogen-bond acceptors (Lipinski definition) is 3. The van der Waals surface area contributed by atoms with Gasteiger partial charge in [0.1, 0.15) is 5.75 Å². The lowest BCUT2D eigenvalue weighted by Gasteiger charge is -2.36. The number of ether oxygens (including phenoxy) is 1. The predicted molar refractivity (Wildman–Crippen MR) is 117 cm³/mol. The number of methoxy groups -OCH3 is 1. The molecule has 1 N–H and O–H groups in total. The Kier molecular flexibility index (Phi) is 5.30. The first kappa shape index (κ1) is 19.1. The molecule has 5 heteroatoms. The molecule has 3 aromatic rings. The summed E-state index contributed by atoms with van der Waals surface area (Å²) < 4.78 is 5.23. The SMILES string of the molecule is COc1ccc(N2CCN(C(=O)c3cc(-c4ccc(C)cc4)[nH]c3C)CC2)cc1. The number of carbonyl (C=O) groups excluding carboxylic acids is 1. The summed E-state index contributed by atoms with van der Waals surface area (Å²) in [5.41, 5.74) is 6.16. The summed E-state index contributed by atoms with van der Waals surface area (Å²) in [5, 5.41) is 0. The van der Waals surface area contributed by atoms with Gasteiger partial charge in [-0.05, 0) is 49.7 Å². The van der Waals surface area contributed by atoms with Gasteiger partial charge in [-0.3, -0.25) is 4.79 Å². The number of aromatic amines is 1. The maximum atomic E-state index is 13.1. The van der Waals surface area contributed by atoms with Crippen LogP contribution >= 0.6 is 0 Å². The molecule has 1 aliphatic rings. The molecule has 1 aromatic heterocycles. The van der Waals surface area contributed by atoms with Crippen LogP contribution in [0.2, 0.25) is 0 Å². The Balaban J connectivity index is 1.43. The number of aryl methyl sites for hydroxylation is 2. The van der Waals surface area contributed by atoms with E-state index in [2.05, 4.69) is 53.2 Å². The fraction of sp³-hybridized carbons (Fsp3) is 0.292. The van der Waals surface area contributed by atoms with E-state index >= 15 is 0 Å². The second kappa shape index (κ2) is 8.03. The van der Waals surface area contributed by atoms with Crippen LogP contribution in [0.5, 0.6) is 5.75 Å². The van der Waals surface area contributed by atoms with E-state index in [1.165, 1.54) is 5.56 Å². The number of nitrogens with zero attached hydrogens (tertiary/aromatic N) is 2. The highest BCUT2D eigenvalue weighted by Crippen LogP contribution is 2.25. The van der Waals surface area contributed by atoms with Gasteiger partial charge in [0.05, 0.1) is 12.7 Å². The average Bonchev–Trinajstić information content (AvgIpc) is 3.15. The first-order valence-corrected chi connectivity index (χ1v) is 10.00. The molecule has 0 atom stereocenters. The Morgan fingerprint density at radius 2 is 1.59 bits per heavy atom. The van der Waals surface area contributed by atoms with Crippen LogP contribution in [0.3, 0.4) is 0 Å². The van der Waals surface area contributed by atoms with Crippen LogP contribution in [-0.4, -0.2) is 49.1 Å². The third-order valence-corrected chi connectivity index (χ3v) is 5.61. The molecule has 0 bridgehead atoms. The van der Waals surface area contributed by atoms with Crippen molar-refractivity contribution in [1.29, 1.82) is 0 Å². The highest BCUT2D eigenvalue weighted by atomic mass is 16.5. The number of nitrogens with one attached hydrogen (secondary N) is 1. The van der Waals surface area contributed by atoms with E-state index in [0.717, 1.165) is 60.1 Å². The highest BCUT2D eigenvalue weighted by molar-refractivity contribution is 5.97. The standard InChI is InChI=1S/C24H27N3O2/c1-17-4-6-19(7-5-17)23-16-22(18(2)25-23)24(28)27-14-12-26(13-15-27)20-8-10-21(29-3)11-9-20/h4-11,16,25H,12-15H2,1-3H3. The van der Waals surface area contributed by atoms with Crippen molar-refractivity contribution in [2.45, 2.75) is 13.8 Å². The van der Waals surface area contributed by atoms with E-state index in [1.807, 2.05) is 30.0 Å². The maximum absolute atomic E-state index is 13.1. The predicted octanol–water partition coefficient (Wildman–Crippen LogP) is 4.27. The first-order valence-electron chi connectivity index (χ1n) is 10.00. The van der Waals surface area contributed by atoms with Crippen LogP contribution in [0.25, 0.3) is 11.3 Å². The molecule has 1 aliphatic heterocycles. The topological polar surface area (TPSA) is 48.6 Å². The number of anilines is 1. The molecule has 1 amide bonds. The number of carbonyl (C=O) groups is 1. The summed E-state index contributed by atoms with van der Waals surface area (Å²) in [6.07, 6.45) is 0. The van der Waals surface area contributed by atoms with Crippen molar-refractivity contribution in [3.8, 4) is 17.0 Å². The molecule has 2 aromatic carbocycles. The molecule has 1 saturated heterocycles. The van der Waals surface area contributed by atoms with Crippen LogP contribution in [0.1, 0.15) is 21.6 Å². The van der Waals surface area contributed by atoms with Crippen LogP contribution in [-0.2, 0) is 0 Å². The molecule has 29 heavy (non-hydrogen) atoms. The van der Waals surface area contributed by atoms with Gasteiger partial charge in [0, 0.05) is 43.3 Å². The first-order chi connectivity index (χ1) is 14.0. The van der Waals surface area contributed by atoms with Crippen molar-refractivity contribution < 1.29 is 9.53 Å². The van der Waals surface area contributed by atoms with Crippen LogP contribution in [0, 0.1) is 13.8 Å². The summed E-state index contributed by atoms with van der Waals surface area (Å²) in [6.45, 7) is 7.13. The normalized spacial score (nSPS) is 14.2. The number of H-pyrrole nitrogens is 1. The molecule has 5 nitrogen and oxygen atoms in total. The molecule has 0 spiro atoms. The van der Waals surface area contributed by atoms with E-state index in [0.29, 0.717) is 0 Å². The zero-order valence-electron chi connectivity index (χ0n) is 17.2. The Bertz CT molecular complexity index is 982. The quantitative estimate of drug-likeness (QED) is 0.725. The van der Waals surface area contributed by atoms with Gasteiger partial charge in [0.25, 0.3) is 5.91 Å². The summed E-state index contributed by atoms with van der Waals surface area (Å²) in [5.74, 6) is 0.960. The lowest BCUT2D eigenvalue weighted by molar-refractivity contribution is 0.0746. The Morgan fingerprint density at radius 3 is 2.21 bits per heavy atom. The zero-order valence-corrected chi connectivity index (χ0v) is 17.2. The van der Waals surface area contributed by atoms with Gasteiger partial charge in [0.15, 0.2) is 0 Å². The Labute approximate surface area is 171 Å². The van der Waals surface area contributed by atoms with Crippen molar-refractivity contribution >= 4 is 11.6 Å². The van der Waals surface area contributed by atoms with Gasteiger partial charge in [-0.25, -0.2) is 0 Å². The van der Waals surface area contributed by atoms with Crippen molar-refractivity contribution in [3.63, 3.8) is 0 Å². The van der Waals surface area contributed by atoms with Gasteiger partial charge < -0.3 is 19.5 Å². The number of piperazine rings is 1. The highest BCUT2D eigenvalue weighted by Gasteiger charge is 2.24. The van der Waals surface area contributed by atoms with Crippen molar-refractivity contribution in [3.05, 3.63) is 71.4 Å². The van der Waals surface area contributed by atoms with Gasteiger partial charge in [0.2, 0.25) is 0 Å². The molecular weight excluding hydrogens is 362 g/mol. The molecule has 4 rings (SSSR count). The summed E-state index contributed by atoms with van der Waals surface area (Å²) in [4.78, 5) is 20.8. The molecule has 1 fully saturated rings. The number of hydrogen-bond donors (Lipinski definition) is 1. The molecule has 0 radical (unpaired) electrons. The third-order valence-electron chi connectivity index (χ3n) is 5.61. The van der Waals surface area contributed by atoms with Crippen LogP contribution in [0.4, 0.5) is 5.69 Å². The Morgan fingerprint density at radius 1 is 0.931 bits per heavy atom. The maximum Gasteiger partial charge on any atom is 0.255 e. The van der Waals surface area contributed by atoms with E-state index in [4.69, 9.17) is 4.74 Å². The molecule has 2 heterocycles. The van der Waals surface area contributed by atoms with E-state index in [9.17, 15) is 4.79 Å². The summed E-state index contributed by atoms with van der Waals surface area (Å²) in [7, 11) is 1.67. The molecule has 0 unspecified atom stereocenters. The van der Waals surface area contributed by atoms with E-state index < -0.39 is 0 Å². The number of rotatable bonds is 4. The van der Waals surface area contributed by atoms with Crippen molar-refractivity contribution in [2.24, 2.45) is 0 Å². The van der Waals surface area contributed by atoms with Gasteiger partial charge in [-0.15, -0.1) is 0 Å². The Hall–Kier alpha value is -3.21. The van der Waals surface area contributed by atoms with Gasteiger partial charge in [-0.2, -0.15) is 0 Å². The van der Waals surface area contributed by atoms with Gasteiger partial charge >= 0.3 is 0 Å². The van der Waals surface area contributed by atoms with E-state index in [-0.39, 0.29) is 5.91 Å². The third kappa shape index (κ3) is 3.99. The summed E-state index contributed by atoms with van der Waals surface area (Å²) in [6, 6.07) is 18.4. The van der Waals surface area contributed by atoms with Gasteiger partial charge in [-0.1, -0.05) is 29.8 Å². The molecule has 150 valence electrons. The number of benzene rings is 2. The van der Waals surface area contributed by atoms with Crippen molar-refractivity contribution in [2.75, 3.05) is 38.2 Å². The minimum absolute atomic E-state index is 0.103. The zero-order chi connectivity index (χ0) is 20.4. The molecular formula is C24H27N3O2. The minimum Gasteiger partial charge on any atom is -0.497 e. The molecule has 0 saturated carbocycles. The number of amides is 1. The lowest BCUT2D eigenvalue weighted by Crippen LogP contribution is -2.48.